The molecular weight excluding hydrogens is 497 g/mol. The van der Waals surface area contributed by atoms with Gasteiger partial charge in [0.15, 0.2) is 0 Å². The number of aliphatic carboxylic acids is 1. The van der Waals surface area contributed by atoms with E-state index < -0.39 is 17.8 Å². The van der Waals surface area contributed by atoms with Crippen molar-refractivity contribution in [2.75, 3.05) is 38.2 Å². The predicted octanol–water partition coefficient (Wildman–Crippen LogP) is 5.38. The number of nitrogens with one attached hydrogen (secondary N) is 1. The van der Waals surface area contributed by atoms with Crippen molar-refractivity contribution in [2.45, 2.75) is 77.0 Å². The van der Waals surface area contributed by atoms with Gasteiger partial charge in [-0.05, 0) is 91.8 Å². The Balaban J connectivity index is 1.14. The monoisotopic (exact) mass is 539 g/mol. The average molecular weight is 540 g/mol. The van der Waals surface area contributed by atoms with Crippen molar-refractivity contribution in [1.82, 2.24) is 9.88 Å². The summed E-state index contributed by atoms with van der Waals surface area (Å²) in [7, 11) is 0. The molecule has 0 radical (unpaired) electrons. The normalized spacial score (nSPS) is 22.8. The predicted molar refractivity (Wildman–Crippen MR) is 148 cm³/mol. The molecule has 3 aliphatic rings. The smallest absolute Gasteiger partial charge is 0.325 e. The van der Waals surface area contributed by atoms with Gasteiger partial charge in [-0.1, -0.05) is 31.9 Å². The molecule has 0 bridgehead atoms. The molecule has 212 valence electrons. The first-order valence-corrected chi connectivity index (χ1v) is 14.6. The van der Waals surface area contributed by atoms with Crippen LogP contribution in [0.15, 0.2) is 30.3 Å². The van der Waals surface area contributed by atoms with Gasteiger partial charge in [0.05, 0.1) is 19.3 Å². The van der Waals surface area contributed by atoms with Crippen LogP contribution in [0.4, 0.5) is 10.2 Å². The molecule has 2 saturated heterocycles. The largest absolute Gasteiger partial charge is 0.480 e. The lowest BCUT2D eigenvalue weighted by Crippen LogP contribution is -2.34. The van der Waals surface area contributed by atoms with Gasteiger partial charge in [-0.3, -0.25) is 9.69 Å². The molecule has 0 spiro atoms. The topological polar surface area (TPSA) is 83.9 Å². The number of unbranched alkanes of at least 4 members (excludes halogenated alkanes) is 1. The molecule has 3 aliphatic heterocycles. The number of rotatable bonds is 12. The first-order chi connectivity index (χ1) is 19.0. The van der Waals surface area contributed by atoms with Crippen LogP contribution >= 0.6 is 0 Å². The minimum atomic E-state index is -0.939. The Kier molecular flexibility index (Phi) is 9.48. The maximum atomic E-state index is 14.3. The van der Waals surface area contributed by atoms with Crippen molar-refractivity contribution < 1.29 is 23.8 Å². The number of nitrogens with zero attached hydrogens (tertiary/aromatic N) is 2. The third-order valence-electron chi connectivity index (χ3n) is 8.72. The van der Waals surface area contributed by atoms with E-state index in [9.17, 15) is 14.3 Å². The van der Waals surface area contributed by atoms with Crippen molar-refractivity contribution >= 4 is 11.8 Å². The molecule has 39 heavy (non-hydrogen) atoms. The van der Waals surface area contributed by atoms with Gasteiger partial charge in [-0.2, -0.15) is 0 Å². The van der Waals surface area contributed by atoms with Gasteiger partial charge >= 0.3 is 5.97 Å². The first kappa shape index (κ1) is 28.0. The van der Waals surface area contributed by atoms with E-state index in [1.54, 1.807) is 6.07 Å². The van der Waals surface area contributed by atoms with E-state index in [0.29, 0.717) is 43.7 Å². The van der Waals surface area contributed by atoms with E-state index in [-0.39, 0.29) is 12.7 Å². The fraction of sp³-hybridized carbons (Fsp3) is 0.613. The Hall–Kier alpha value is -2.55. The van der Waals surface area contributed by atoms with Crippen molar-refractivity contribution in [3.05, 3.63) is 58.5 Å². The number of aromatic nitrogens is 1. The molecule has 0 saturated carbocycles. The molecule has 2 N–H and O–H groups in total. The molecule has 0 aliphatic carbocycles. The summed E-state index contributed by atoms with van der Waals surface area (Å²) < 4.78 is 25.7. The van der Waals surface area contributed by atoms with Gasteiger partial charge in [0.25, 0.3) is 0 Å². The number of carboxylic acids is 1. The highest BCUT2D eigenvalue weighted by molar-refractivity contribution is 5.76. The van der Waals surface area contributed by atoms with Gasteiger partial charge in [0, 0.05) is 25.4 Å². The van der Waals surface area contributed by atoms with E-state index in [0.717, 1.165) is 68.6 Å². The number of benzene rings is 1. The number of aryl methyl sites for hydroxylation is 2. The van der Waals surface area contributed by atoms with Crippen LogP contribution in [-0.4, -0.2) is 59.9 Å². The van der Waals surface area contributed by atoms with Gasteiger partial charge in [-0.15, -0.1) is 0 Å². The van der Waals surface area contributed by atoms with Crippen LogP contribution in [0.5, 0.6) is 0 Å². The average Bonchev–Trinajstić information content (AvgIpc) is 3.63. The number of likely N-dealkylation sites (tertiary alicyclic amines) is 1. The van der Waals surface area contributed by atoms with Gasteiger partial charge < -0.3 is 19.9 Å². The second-order valence-electron chi connectivity index (χ2n) is 11.5. The molecule has 8 heteroatoms. The molecule has 4 atom stereocenters. The minimum absolute atomic E-state index is 0.00268. The van der Waals surface area contributed by atoms with Crippen molar-refractivity contribution in [2.24, 2.45) is 11.8 Å². The zero-order chi connectivity index (χ0) is 27.2. The standard InChI is InChI=1S/C31H42FN3O4/c1-21(5-2-3-7-26-11-9-22-6-4-14-33-30(22)34-26)23-12-15-35(18-23)29(31(36)37)28-17-25(32)10-8-24(28)19-39-27-13-16-38-20-27/h8-11,17,21,23,27,29H,2-7,12-16,18-20H2,1H3,(H,33,34)(H,36,37)/t21-,23+,27-,29-/m0/s1. The second-order valence-corrected chi connectivity index (χ2v) is 11.5. The van der Waals surface area contributed by atoms with Gasteiger partial charge in [0.1, 0.15) is 17.7 Å². The van der Waals surface area contributed by atoms with Crippen molar-refractivity contribution in [1.29, 1.82) is 0 Å². The summed E-state index contributed by atoms with van der Waals surface area (Å²) in [6.07, 6.45) is 8.40. The lowest BCUT2D eigenvalue weighted by molar-refractivity contribution is -0.143. The maximum Gasteiger partial charge on any atom is 0.325 e. The summed E-state index contributed by atoms with van der Waals surface area (Å²) in [5.74, 6) is 0.637. The van der Waals surface area contributed by atoms with Crippen LogP contribution in [0.25, 0.3) is 0 Å². The molecule has 2 fully saturated rings. The number of anilines is 1. The molecule has 1 aromatic heterocycles. The van der Waals surface area contributed by atoms with Crippen molar-refractivity contribution in [3.63, 3.8) is 0 Å². The van der Waals surface area contributed by atoms with E-state index in [1.165, 1.54) is 24.1 Å². The van der Waals surface area contributed by atoms with E-state index >= 15 is 0 Å². The molecule has 1 aromatic carbocycles. The Labute approximate surface area is 231 Å². The lowest BCUT2D eigenvalue weighted by atomic mass is 9.88. The summed E-state index contributed by atoms with van der Waals surface area (Å²) in [5.41, 5.74) is 3.72. The highest BCUT2D eigenvalue weighted by atomic mass is 19.1. The Morgan fingerprint density at radius 1 is 1.28 bits per heavy atom. The van der Waals surface area contributed by atoms with Crippen LogP contribution in [-0.2, 0) is 33.7 Å². The number of carbonyl (C=O) groups is 1. The third kappa shape index (κ3) is 7.16. The fourth-order valence-electron chi connectivity index (χ4n) is 6.32. The number of pyridine rings is 1. The van der Waals surface area contributed by atoms with E-state index in [1.807, 2.05) is 4.90 Å². The first-order valence-electron chi connectivity index (χ1n) is 14.6. The van der Waals surface area contributed by atoms with Crippen LogP contribution in [0, 0.1) is 17.7 Å². The van der Waals surface area contributed by atoms with E-state index in [4.69, 9.17) is 14.5 Å². The molecule has 4 heterocycles. The summed E-state index contributed by atoms with van der Waals surface area (Å²) in [5, 5.41) is 13.6. The minimum Gasteiger partial charge on any atom is -0.480 e. The summed E-state index contributed by atoms with van der Waals surface area (Å²) in [6.45, 7) is 6.19. The molecular formula is C31H42FN3O4. The molecule has 7 nitrogen and oxygen atoms in total. The quantitative estimate of drug-likeness (QED) is 0.350. The number of ether oxygens (including phenoxy) is 2. The van der Waals surface area contributed by atoms with Gasteiger partial charge in [0.2, 0.25) is 0 Å². The number of carboxylic acid groups (broad SMARTS) is 1. The fourth-order valence-corrected chi connectivity index (χ4v) is 6.32. The second kappa shape index (κ2) is 13.2. The molecule has 0 unspecified atom stereocenters. The summed E-state index contributed by atoms with van der Waals surface area (Å²) in [6, 6.07) is 7.95. The molecule has 0 amide bonds. The maximum absolute atomic E-state index is 14.3. The third-order valence-corrected chi connectivity index (χ3v) is 8.72. The van der Waals surface area contributed by atoms with Crippen molar-refractivity contribution in [3.8, 4) is 0 Å². The number of fused-ring (bicyclic) bond motifs is 1. The Morgan fingerprint density at radius 2 is 2.18 bits per heavy atom. The van der Waals surface area contributed by atoms with Crippen LogP contribution in [0.2, 0.25) is 0 Å². The zero-order valence-corrected chi connectivity index (χ0v) is 23.0. The van der Waals surface area contributed by atoms with Crippen LogP contribution in [0.3, 0.4) is 0 Å². The summed E-state index contributed by atoms with van der Waals surface area (Å²) in [4.78, 5) is 19.3. The van der Waals surface area contributed by atoms with Crippen LogP contribution < -0.4 is 5.32 Å². The van der Waals surface area contributed by atoms with Crippen LogP contribution in [0.1, 0.15) is 73.9 Å². The highest BCUT2D eigenvalue weighted by Crippen LogP contribution is 2.35. The Bertz CT molecular complexity index is 1120. The number of halogens is 1. The zero-order valence-electron chi connectivity index (χ0n) is 23.0. The number of hydrogen-bond acceptors (Lipinski definition) is 6. The molecule has 5 rings (SSSR count). The molecule has 2 aromatic rings. The lowest BCUT2D eigenvalue weighted by Gasteiger charge is -2.28. The SMILES string of the molecule is C[C@@H](CCCCc1ccc2c(n1)NCCC2)[C@@H]1CCN([C@H](C(=O)O)c2cc(F)ccc2CO[C@H]2CCOC2)C1. The highest BCUT2D eigenvalue weighted by Gasteiger charge is 2.36. The van der Waals surface area contributed by atoms with Gasteiger partial charge in [-0.25, -0.2) is 9.37 Å². The van der Waals surface area contributed by atoms with E-state index in [2.05, 4.69) is 24.4 Å². The Morgan fingerprint density at radius 3 is 3.00 bits per heavy atom. The summed E-state index contributed by atoms with van der Waals surface area (Å²) >= 11 is 0. The number of hydrogen-bond donors (Lipinski definition) is 2.